The highest BCUT2D eigenvalue weighted by Gasteiger charge is 2.20. The van der Waals surface area contributed by atoms with E-state index < -0.39 is 10.8 Å². The lowest BCUT2D eigenvalue weighted by atomic mass is 10.1. The third-order valence-electron chi connectivity index (χ3n) is 1.91. The number of hydrogen-bond donors (Lipinski definition) is 2. The number of rotatable bonds is 5. The van der Waals surface area contributed by atoms with E-state index in [0.717, 1.165) is 0 Å². The van der Waals surface area contributed by atoms with Gasteiger partial charge in [-0.2, -0.15) is 0 Å². The van der Waals surface area contributed by atoms with Gasteiger partial charge in [-0.15, -0.1) is 0 Å². The first-order valence-corrected chi connectivity index (χ1v) is 7.22. The van der Waals surface area contributed by atoms with Gasteiger partial charge < -0.3 is 10.6 Å². The Labute approximate surface area is 101 Å². The summed E-state index contributed by atoms with van der Waals surface area (Å²) in [5.74, 6) is 0.536. The van der Waals surface area contributed by atoms with E-state index in [1.165, 1.54) is 0 Å². The molecule has 0 rings (SSSR count). The molecule has 0 aromatic carbocycles. The molecule has 3 unspecified atom stereocenters. The fraction of sp³-hybridized carbons (Fsp3) is 0.909. The summed E-state index contributed by atoms with van der Waals surface area (Å²) in [6, 6.07) is -0.190. The topological polar surface area (TPSA) is 58.2 Å². The summed E-state index contributed by atoms with van der Waals surface area (Å²) >= 11 is 0. The van der Waals surface area contributed by atoms with Crippen molar-refractivity contribution >= 4 is 16.7 Å². The maximum Gasteiger partial charge on any atom is 0.237 e. The van der Waals surface area contributed by atoms with E-state index in [4.69, 9.17) is 0 Å². The first-order valence-electron chi connectivity index (χ1n) is 5.50. The lowest BCUT2D eigenvalue weighted by molar-refractivity contribution is -0.124. The van der Waals surface area contributed by atoms with E-state index in [1.807, 2.05) is 34.6 Å². The Kier molecular flexibility index (Phi) is 6.18. The summed E-state index contributed by atoms with van der Waals surface area (Å²) in [6.45, 7) is 9.59. The van der Waals surface area contributed by atoms with Crippen molar-refractivity contribution in [1.82, 2.24) is 10.6 Å². The summed E-state index contributed by atoms with van der Waals surface area (Å²) in [4.78, 5) is 11.7. The van der Waals surface area contributed by atoms with Gasteiger partial charge in [0.05, 0.1) is 6.04 Å². The molecule has 0 aromatic rings. The summed E-state index contributed by atoms with van der Waals surface area (Å²) in [6.07, 6.45) is 1.66. The second-order valence-electron chi connectivity index (χ2n) is 5.27. The highest BCUT2D eigenvalue weighted by molar-refractivity contribution is 7.84. The van der Waals surface area contributed by atoms with Crippen LogP contribution in [-0.2, 0) is 15.6 Å². The summed E-state index contributed by atoms with van der Waals surface area (Å²) in [7, 11) is -0.839. The first-order chi connectivity index (χ1) is 7.11. The van der Waals surface area contributed by atoms with E-state index in [2.05, 4.69) is 10.6 Å². The van der Waals surface area contributed by atoms with E-state index in [-0.39, 0.29) is 23.5 Å². The number of carbonyl (C=O) groups excluding carboxylic acids is 1. The minimum atomic E-state index is -0.839. The standard InChI is InChI=1S/C11H24N2O2S/c1-8(7-16(6)15)12-9(2)10(14)13-11(3,4)5/h8-9,12H,7H2,1-6H3,(H,13,14). The van der Waals surface area contributed by atoms with E-state index in [0.29, 0.717) is 5.75 Å². The van der Waals surface area contributed by atoms with Crippen LogP contribution >= 0.6 is 0 Å². The van der Waals surface area contributed by atoms with E-state index in [9.17, 15) is 9.00 Å². The molecule has 3 atom stereocenters. The normalized spacial score (nSPS) is 17.6. The van der Waals surface area contributed by atoms with Crippen LogP contribution < -0.4 is 10.6 Å². The maximum atomic E-state index is 11.7. The van der Waals surface area contributed by atoms with Gasteiger partial charge in [-0.3, -0.25) is 9.00 Å². The first kappa shape index (κ1) is 15.6. The highest BCUT2D eigenvalue weighted by Crippen LogP contribution is 2.00. The van der Waals surface area contributed by atoms with E-state index >= 15 is 0 Å². The lowest BCUT2D eigenvalue weighted by Crippen LogP contribution is -2.52. The molecule has 16 heavy (non-hydrogen) atoms. The molecule has 0 aliphatic rings. The zero-order valence-electron chi connectivity index (χ0n) is 11.1. The molecule has 0 bridgehead atoms. The molecule has 0 aromatic heterocycles. The molecule has 5 heteroatoms. The highest BCUT2D eigenvalue weighted by atomic mass is 32.2. The molecule has 4 nitrogen and oxygen atoms in total. The van der Waals surface area contributed by atoms with Crippen LogP contribution in [-0.4, -0.2) is 39.7 Å². The number of amides is 1. The van der Waals surface area contributed by atoms with Crippen LogP contribution in [0.4, 0.5) is 0 Å². The zero-order chi connectivity index (χ0) is 12.9. The Hall–Kier alpha value is -0.420. The van der Waals surface area contributed by atoms with Gasteiger partial charge in [0.2, 0.25) is 5.91 Å². The van der Waals surface area contributed by atoms with Crippen LogP contribution in [0.5, 0.6) is 0 Å². The number of nitrogens with one attached hydrogen (secondary N) is 2. The third kappa shape index (κ3) is 7.82. The quantitative estimate of drug-likeness (QED) is 0.751. The predicted octanol–water partition coefficient (Wildman–Crippen LogP) is 0.646. The molecular weight excluding hydrogens is 224 g/mol. The predicted molar refractivity (Wildman–Crippen MR) is 68.9 cm³/mol. The molecule has 0 aliphatic carbocycles. The third-order valence-corrected chi connectivity index (χ3v) is 2.88. The Balaban J connectivity index is 4.10. The van der Waals surface area contributed by atoms with Crippen LogP contribution in [0, 0.1) is 0 Å². The number of hydrogen-bond acceptors (Lipinski definition) is 3. The van der Waals surface area contributed by atoms with Crippen LogP contribution in [0.15, 0.2) is 0 Å². The van der Waals surface area contributed by atoms with Crippen molar-refractivity contribution in [2.24, 2.45) is 0 Å². The fourth-order valence-electron chi connectivity index (χ4n) is 1.38. The minimum Gasteiger partial charge on any atom is -0.350 e. The maximum absolute atomic E-state index is 11.7. The molecule has 0 heterocycles. The average molecular weight is 248 g/mol. The van der Waals surface area contributed by atoms with Gasteiger partial charge in [0.25, 0.3) is 0 Å². The van der Waals surface area contributed by atoms with Gasteiger partial charge in [-0.1, -0.05) is 0 Å². The molecule has 0 saturated carbocycles. The molecule has 1 amide bonds. The van der Waals surface area contributed by atoms with Gasteiger partial charge in [0.1, 0.15) is 0 Å². The van der Waals surface area contributed by atoms with Crippen molar-refractivity contribution < 1.29 is 9.00 Å². The van der Waals surface area contributed by atoms with Crippen molar-refractivity contribution in [3.05, 3.63) is 0 Å². The van der Waals surface area contributed by atoms with Crippen molar-refractivity contribution in [2.75, 3.05) is 12.0 Å². The monoisotopic (exact) mass is 248 g/mol. The fourth-order valence-corrected chi connectivity index (χ4v) is 2.18. The molecule has 0 radical (unpaired) electrons. The molecule has 0 saturated heterocycles. The van der Waals surface area contributed by atoms with Crippen molar-refractivity contribution in [1.29, 1.82) is 0 Å². The van der Waals surface area contributed by atoms with Crippen molar-refractivity contribution in [3.63, 3.8) is 0 Å². The molecular formula is C11H24N2O2S. The van der Waals surface area contributed by atoms with E-state index in [1.54, 1.807) is 6.26 Å². The Morgan fingerprint density at radius 2 is 1.81 bits per heavy atom. The molecule has 0 aliphatic heterocycles. The summed E-state index contributed by atoms with van der Waals surface area (Å²) in [5.41, 5.74) is -0.218. The van der Waals surface area contributed by atoms with Gasteiger partial charge >= 0.3 is 0 Å². The average Bonchev–Trinajstić information content (AvgIpc) is 1.98. The summed E-state index contributed by atoms with van der Waals surface area (Å²) in [5, 5.41) is 6.03. The van der Waals surface area contributed by atoms with Gasteiger partial charge in [-0.25, -0.2) is 0 Å². The van der Waals surface area contributed by atoms with Gasteiger partial charge in [-0.05, 0) is 34.6 Å². The Bertz CT molecular complexity index is 261. The zero-order valence-corrected chi connectivity index (χ0v) is 11.9. The van der Waals surface area contributed by atoms with Gasteiger partial charge in [0, 0.05) is 34.4 Å². The molecule has 0 fully saturated rings. The largest absolute Gasteiger partial charge is 0.350 e. The van der Waals surface area contributed by atoms with Crippen molar-refractivity contribution in [3.8, 4) is 0 Å². The second-order valence-corrected chi connectivity index (χ2v) is 6.75. The Morgan fingerprint density at radius 3 is 2.19 bits per heavy atom. The Morgan fingerprint density at radius 1 is 1.31 bits per heavy atom. The van der Waals surface area contributed by atoms with Crippen LogP contribution in [0.2, 0.25) is 0 Å². The van der Waals surface area contributed by atoms with Crippen LogP contribution in [0.1, 0.15) is 34.6 Å². The molecule has 0 spiro atoms. The van der Waals surface area contributed by atoms with Crippen molar-refractivity contribution in [2.45, 2.75) is 52.2 Å². The van der Waals surface area contributed by atoms with Crippen LogP contribution in [0.3, 0.4) is 0 Å². The second kappa shape index (κ2) is 6.35. The number of carbonyl (C=O) groups is 1. The minimum absolute atomic E-state index is 0.0266. The summed E-state index contributed by atoms with van der Waals surface area (Å²) < 4.78 is 11.0. The SMILES string of the molecule is CC(CS(C)=O)NC(C)C(=O)NC(C)(C)C. The smallest absolute Gasteiger partial charge is 0.237 e. The molecule has 96 valence electrons. The van der Waals surface area contributed by atoms with Crippen LogP contribution in [0.25, 0.3) is 0 Å². The lowest BCUT2D eigenvalue weighted by Gasteiger charge is -2.25. The van der Waals surface area contributed by atoms with Gasteiger partial charge in [0.15, 0.2) is 0 Å². The molecule has 2 N–H and O–H groups in total.